The van der Waals surface area contributed by atoms with Gasteiger partial charge in [-0.1, -0.05) is 0 Å². The average Bonchev–Trinajstić information content (AvgIpc) is 2.57. The maximum atomic E-state index is 12.7. The summed E-state index contributed by atoms with van der Waals surface area (Å²) in [6.07, 6.45) is 1.56. The van der Waals surface area contributed by atoms with E-state index in [2.05, 4.69) is 19.9 Å². The minimum absolute atomic E-state index is 0.0105. The first kappa shape index (κ1) is 17.8. The third-order valence-corrected chi connectivity index (χ3v) is 4.66. The van der Waals surface area contributed by atoms with Gasteiger partial charge in [0.05, 0.1) is 12.1 Å². The van der Waals surface area contributed by atoms with Crippen LogP contribution in [0.3, 0.4) is 0 Å². The van der Waals surface area contributed by atoms with E-state index in [1.807, 2.05) is 0 Å². The largest absolute Gasteiger partial charge is 0.342 e. The molecule has 0 bridgehead atoms. The fraction of sp³-hybridized carbons (Fsp3) is 0.471. The molecule has 1 fully saturated rings. The van der Waals surface area contributed by atoms with Crippen LogP contribution in [-0.4, -0.2) is 43.8 Å². The van der Waals surface area contributed by atoms with Crippen LogP contribution in [-0.2, 0) is 11.2 Å². The number of aromatic amines is 3. The molecule has 3 heterocycles. The van der Waals surface area contributed by atoms with Crippen LogP contribution in [0, 0.1) is 13.8 Å². The number of piperidine rings is 1. The molecule has 1 saturated heterocycles. The van der Waals surface area contributed by atoms with E-state index in [4.69, 9.17) is 0 Å². The highest BCUT2D eigenvalue weighted by atomic mass is 16.2. The van der Waals surface area contributed by atoms with Crippen molar-refractivity contribution in [2.24, 2.45) is 0 Å². The summed E-state index contributed by atoms with van der Waals surface area (Å²) in [7, 11) is 0. The van der Waals surface area contributed by atoms with Crippen molar-refractivity contribution in [2.75, 3.05) is 13.1 Å². The van der Waals surface area contributed by atoms with E-state index in [0.717, 1.165) is 12.8 Å². The molecule has 138 valence electrons. The summed E-state index contributed by atoms with van der Waals surface area (Å²) in [5.74, 6) is 0.354. The van der Waals surface area contributed by atoms with Crippen molar-refractivity contribution >= 4 is 5.91 Å². The predicted molar refractivity (Wildman–Crippen MR) is 94.3 cm³/mol. The number of nitrogens with one attached hydrogen (secondary N) is 3. The number of H-pyrrole nitrogens is 3. The van der Waals surface area contributed by atoms with Gasteiger partial charge in [0.15, 0.2) is 0 Å². The number of likely N-dealkylation sites (tertiary alicyclic amines) is 1. The Balaban J connectivity index is 1.77. The van der Waals surface area contributed by atoms with E-state index in [1.54, 1.807) is 18.7 Å². The van der Waals surface area contributed by atoms with Gasteiger partial charge in [0.2, 0.25) is 5.91 Å². The lowest BCUT2D eigenvalue weighted by Gasteiger charge is -2.32. The van der Waals surface area contributed by atoms with Crippen molar-refractivity contribution in [3.8, 4) is 0 Å². The predicted octanol–water partition coefficient (Wildman–Crippen LogP) is -0.288. The number of carbonyl (C=O) groups excluding carboxylic acids is 1. The van der Waals surface area contributed by atoms with E-state index >= 15 is 0 Å². The van der Waals surface area contributed by atoms with Gasteiger partial charge in [-0.3, -0.25) is 19.4 Å². The number of hydrogen-bond acceptors (Lipinski definition) is 5. The lowest BCUT2D eigenvalue weighted by atomic mass is 9.94. The summed E-state index contributed by atoms with van der Waals surface area (Å²) in [6.45, 7) is 4.37. The minimum Gasteiger partial charge on any atom is -0.342 e. The summed E-state index contributed by atoms with van der Waals surface area (Å²) >= 11 is 0. The first-order valence-corrected chi connectivity index (χ1v) is 8.51. The number of aromatic nitrogens is 4. The van der Waals surface area contributed by atoms with Crippen LogP contribution in [0.4, 0.5) is 0 Å². The molecule has 26 heavy (non-hydrogen) atoms. The summed E-state index contributed by atoms with van der Waals surface area (Å²) in [4.78, 5) is 60.9. The number of nitrogens with zero attached hydrogens (tertiary/aromatic N) is 2. The second kappa shape index (κ2) is 7.11. The van der Waals surface area contributed by atoms with Crippen molar-refractivity contribution in [3.63, 3.8) is 0 Å². The zero-order valence-corrected chi connectivity index (χ0v) is 14.7. The number of carbonyl (C=O) groups is 1. The Hall–Kier alpha value is -2.97. The van der Waals surface area contributed by atoms with E-state index < -0.39 is 11.2 Å². The molecule has 0 radical (unpaired) electrons. The lowest BCUT2D eigenvalue weighted by molar-refractivity contribution is -0.131. The Morgan fingerprint density at radius 1 is 1.23 bits per heavy atom. The Labute approximate surface area is 148 Å². The maximum Gasteiger partial charge on any atom is 0.325 e. The zero-order chi connectivity index (χ0) is 18.8. The molecular weight excluding hydrogens is 338 g/mol. The molecule has 0 spiro atoms. The van der Waals surface area contributed by atoms with E-state index in [0.29, 0.717) is 30.3 Å². The maximum absolute atomic E-state index is 12.7. The summed E-state index contributed by atoms with van der Waals surface area (Å²) in [5.41, 5.74) is 0.0140. The summed E-state index contributed by atoms with van der Waals surface area (Å²) < 4.78 is 0. The molecule has 2 aromatic heterocycles. The molecule has 3 N–H and O–H groups in total. The van der Waals surface area contributed by atoms with Gasteiger partial charge in [-0.05, 0) is 26.7 Å². The molecule has 0 unspecified atom stereocenters. The Kier molecular flexibility index (Phi) is 4.88. The van der Waals surface area contributed by atoms with Crippen LogP contribution in [0.1, 0.15) is 41.5 Å². The molecule has 9 heteroatoms. The first-order chi connectivity index (χ1) is 12.3. The number of aryl methyl sites for hydroxylation is 2. The fourth-order valence-electron chi connectivity index (χ4n) is 3.36. The van der Waals surface area contributed by atoms with Crippen LogP contribution in [0.15, 0.2) is 20.4 Å². The molecule has 0 aromatic carbocycles. The molecule has 3 rings (SSSR count). The van der Waals surface area contributed by atoms with Gasteiger partial charge in [0.25, 0.3) is 11.1 Å². The number of amides is 1. The third-order valence-electron chi connectivity index (χ3n) is 4.66. The van der Waals surface area contributed by atoms with E-state index in [-0.39, 0.29) is 29.4 Å². The van der Waals surface area contributed by atoms with E-state index in [9.17, 15) is 19.2 Å². The Morgan fingerprint density at radius 3 is 2.69 bits per heavy atom. The highest BCUT2D eigenvalue weighted by Gasteiger charge is 2.27. The van der Waals surface area contributed by atoms with Gasteiger partial charge in [-0.2, -0.15) is 0 Å². The number of hydrogen-bond donors (Lipinski definition) is 3. The fourth-order valence-corrected chi connectivity index (χ4v) is 3.36. The molecule has 0 saturated carbocycles. The number of rotatable bonds is 3. The van der Waals surface area contributed by atoms with Gasteiger partial charge in [0.1, 0.15) is 5.82 Å². The lowest BCUT2D eigenvalue weighted by Crippen LogP contribution is -2.41. The van der Waals surface area contributed by atoms with E-state index in [1.165, 1.54) is 6.07 Å². The summed E-state index contributed by atoms with van der Waals surface area (Å²) in [6, 6.07) is 1.47. The topological polar surface area (TPSA) is 132 Å². The van der Waals surface area contributed by atoms with Crippen molar-refractivity contribution in [1.29, 1.82) is 0 Å². The smallest absolute Gasteiger partial charge is 0.325 e. The standard InChI is InChI=1S/C17H21N5O4/c1-9-12(16(25)21-17(26)18-9)6-15(24)22-5-3-4-11(8-22)13-7-14(23)20-10(2)19-13/h7,11H,3-6,8H2,1-2H3,(H,19,20,23)(H2,18,21,25,26)/t11-/m1/s1. The Bertz CT molecular complexity index is 1000. The van der Waals surface area contributed by atoms with Crippen LogP contribution >= 0.6 is 0 Å². The third kappa shape index (κ3) is 3.81. The average molecular weight is 359 g/mol. The quantitative estimate of drug-likeness (QED) is 0.693. The van der Waals surface area contributed by atoms with Crippen LogP contribution < -0.4 is 16.8 Å². The molecule has 1 aliphatic heterocycles. The SMILES string of the molecule is Cc1nc([C@@H]2CCCN(C(=O)Cc3c(C)[nH]c(=O)[nH]c3=O)C2)cc(=O)[nH]1. The first-order valence-electron chi connectivity index (χ1n) is 8.51. The van der Waals surface area contributed by atoms with Crippen LogP contribution in [0.5, 0.6) is 0 Å². The molecule has 0 aliphatic carbocycles. The second-order valence-corrected chi connectivity index (χ2v) is 6.62. The van der Waals surface area contributed by atoms with Gasteiger partial charge >= 0.3 is 5.69 Å². The van der Waals surface area contributed by atoms with Crippen molar-refractivity contribution in [3.05, 3.63) is 60.0 Å². The van der Waals surface area contributed by atoms with Gasteiger partial charge in [-0.25, -0.2) is 9.78 Å². The second-order valence-electron chi connectivity index (χ2n) is 6.62. The van der Waals surface area contributed by atoms with Crippen molar-refractivity contribution < 1.29 is 4.79 Å². The van der Waals surface area contributed by atoms with Gasteiger partial charge < -0.3 is 14.9 Å². The summed E-state index contributed by atoms with van der Waals surface area (Å²) in [5, 5.41) is 0. The van der Waals surface area contributed by atoms with Crippen molar-refractivity contribution in [1.82, 2.24) is 24.8 Å². The molecule has 1 atom stereocenters. The zero-order valence-electron chi connectivity index (χ0n) is 14.7. The molecule has 1 aliphatic rings. The van der Waals surface area contributed by atoms with Crippen LogP contribution in [0.25, 0.3) is 0 Å². The van der Waals surface area contributed by atoms with Crippen LogP contribution in [0.2, 0.25) is 0 Å². The molecular formula is C17H21N5O4. The van der Waals surface area contributed by atoms with Gasteiger partial charge in [-0.15, -0.1) is 0 Å². The minimum atomic E-state index is -0.586. The van der Waals surface area contributed by atoms with Gasteiger partial charge in [0, 0.05) is 36.3 Å². The highest BCUT2D eigenvalue weighted by Crippen LogP contribution is 2.25. The highest BCUT2D eigenvalue weighted by molar-refractivity contribution is 5.79. The van der Waals surface area contributed by atoms with Crippen molar-refractivity contribution in [2.45, 2.75) is 39.0 Å². The normalized spacial score (nSPS) is 17.3. The Morgan fingerprint density at radius 2 is 2.00 bits per heavy atom. The molecule has 2 aromatic rings. The molecule has 1 amide bonds. The monoisotopic (exact) mass is 359 g/mol. The molecule has 9 nitrogen and oxygen atoms in total.